The summed E-state index contributed by atoms with van der Waals surface area (Å²) in [5.41, 5.74) is 4.93. The van der Waals surface area contributed by atoms with Crippen molar-refractivity contribution < 1.29 is 9.53 Å². The van der Waals surface area contributed by atoms with Gasteiger partial charge in [-0.05, 0) is 31.9 Å². The van der Waals surface area contributed by atoms with Crippen LogP contribution in [0, 0.1) is 13.8 Å². The fourth-order valence-corrected chi connectivity index (χ4v) is 2.51. The van der Waals surface area contributed by atoms with E-state index in [1.54, 1.807) is 11.8 Å². The third-order valence-corrected chi connectivity index (χ3v) is 3.63. The zero-order chi connectivity index (χ0) is 16.1. The summed E-state index contributed by atoms with van der Waals surface area (Å²) in [5.74, 6) is -0.0730. The van der Waals surface area contributed by atoms with Crippen LogP contribution >= 0.6 is 0 Å². The molecule has 0 bridgehead atoms. The smallest absolute Gasteiger partial charge is 0.242 e. The van der Waals surface area contributed by atoms with Crippen molar-refractivity contribution >= 4 is 5.91 Å². The maximum absolute atomic E-state index is 12.0. The zero-order valence-corrected chi connectivity index (χ0v) is 13.6. The normalized spacial score (nSPS) is 10.9. The Hall–Kier alpha value is -2.15. The van der Waals surface area contributed by atoms with Gasteiger partial charge in [0.2, 0.25) is 5.91 Å². The Balaban J connectivity index is 1.90. The number of aryl methyl sites for hydroxylation is 1. The number of carbonyl (C=O) groups excluding carboxylic acids is 1. The standard InChI is InChI=1S/C15H23N5O2/c1-5-14-10(2)19-20(11(14)3)8-15(21)16-7-12-6-13(9-22-4)18-17-12/h6H,5,7-9H2,1-4H3,(H,16,21)(H,17,18). The maximum atomic E-state index is 12.0. The summed E-state index contributed by atoms with van der Waals surface area (Å²) in [5, 5.41) is 14.3. The van der Waals surface area contributed by atoms with Crippen molar-refractivity contribution in [2.45, 2.75) is 46.9 Å². The van der Waals surface area contributed by atoms with E-state index in [1.807, 2.05) is 19.9 Å². The number of amides is 1. The molecule has 22 heavy (non-hydrogen) atoms. The van der Waals surface area contributed by atoms with Gasteiger partial charge in [-0.15, -0.1) is 0 Å². The van der Waals surface area contributed by atoms with Crippen LogP contribution in [0.5, 0.6) is 0 Å². The van der Waals surface area contributed by atoms with Gasteiger partial charge in [-0.3, -0.25) is 14.6 Å². The van der Waals surface area contributed by atoms with Crippen molar-refractivity contribution in [3.8, 4) is 0 Å². The monoisotopic (exact) mass is 305 g/mol. The summed E-state index contributed by atoms with van der Waals surface area (Å²) in [4.78, 5) is 12.0. The minimum atomic E-state index is -0.0730. The van der Waals surface area contributed by atoms with Crippen molar-refractivity contribution in [3.63, 3.8) is 0 Å². The largest absolute Gasteiger partial charge is 0.378 e. The van der Waals surface area contributed by atoms with E-state index in [1.165, 1.54) is 5.56 Å². The number of carbonyl (C=O) groups is 1. The van der Waals surface area contributed by atoms with E-state index in [9.17, 15) is 4.79 Å². The fraction of sp³-hybridized carbons (Fsp3) is 0.533. The predicted molar refractivity (Wildman–Crippen MR) is 82.2 cm³/mol. The first-order valence-corrected chi connectivity index (χ1v) is 7.36. The molecule has 2 rings (SSSR count). The molecular weight excluding hydrogens is 282 g/mol. The highest BCUT2D eigenvalue weighted by atomic mass is 16.5. The fourth-order valence-electron chi connectivity index (χ4n) is 2.51. The first kappa shape index (κ1) is 16.2. The number of methoxy groups -OCH3 is 1. The van der Waals surface area contributed by atoms with Gasteiger partial charge in [-0.2, -0.15) is 10.2 Å². The number of rotatable bonds is 7. The van der Waals surface area contributed by atoms with Crippen molar-refractivity contribution in [3.05, 3.63) is 34.4 Å². The van der Waals surface area contributed by atoms with Gasteiger partial charge in [0.25, 0.3) is 0 Å². The molecule has 0 aliphatic heterocycles. The molecular formula is C15H23N5O2. The molecule has 120 valence electrons. The number of aromatic amines is 1. The van der Waals surface area contributed by atoms with Crippen LogP contribution in [0.3, 0.4) is 0 Å². The van der Waals surface area contributed by atoms with Gasteiger partial charge in [0.05, 0.1) is 30.2 Å². The van der Waals surface area contributed by atoms with E-state index in [0.717, 1.165) is 29.2 Å². The van der Waals surface area contributed by atoms with Crippen molar-refractivity contribution in [2.24, 2.45) is 0 Å². The third-order valence-electron chi connectivity index (χ3n) is 3.63. The van der Waals surface area contributed by atoms with E-state index in [4.69, 9.17) is 4.74 Å². The average molecular weight is 305 g/mol. The van der Waals surface area contributed by atoms with E-state index >= 15 is 0 Å². The molecule has 7 heteroatoms. The SMILES string of the molecule is CCc1c(C)nn(CC(=O)NCc2cc(COC)n[nH]2)c1C. The van der Waals surface area contributed by atoms with Crippen LogP contribution in [0.15, 0.2) is 6.07 Å². The quantitative estimate of drug-likeness (QED) is 0.806. The summed E-state index contributed by atoms with van der Waals surface area (Å²) < 4.78 is 6.76. The van der Waals surface area contributed by atoms with E-state index in [2.05, 4.69) is 27.5 Å². The number of nitrogens with zero attached hydrogens (tertiary/aromatic N) is 3. The number of aromatic nitrogens is 4. The number of H-pyrrole nitrogens is 1. The number of ether oxygens (including phenoxy) is 1. The highest BCUT2D eigenvalue weighted by Crippen LogP contribution is 2.13. The second-order valence-corrected chi connectivity index (χ2v) is 5.25. The van der Waals surface area contributed by atoms with Crippen LogP contribution in [-0.4, -0.2) is 33.0 Å². The summed E-state index contributed by atoms with van der Waals surface area (Å²) >= 11 is 0. The molecule has 2 heterocycles. The van der Waals surface area contributed by atoms with Crippen LogP contribution in [0.4, 0.5) is 0 Å². The zero-order valence-electron chi connectivity index (χ0n) is 13.6. The Bertz CT molecular complexity index is 644. The van der Waals surface area contributed by atoms with Crippen LogP contribution in [0.1, 0.15) is 35.3 Å². The average Bonchev–Trinajstić information content (AvgIpc) is 3.03. The van der Waals surface area contributed by atoms with E-state index < -0.39 is 0 Å². The molecule has 0 atom stereocenters. The summed E-state index contributed by atoms with van der Waals surface area (Å²) in [6.45, 7) is 7.16. The first-order valence-electron chi connectivity index (χ1n) is 7.36. The van der Waals surface area contributed by atoms with Crippen molar-refractivity contribution in [1.29, 1.82) is 0 Å². The molecule has 0 fully saturated rings. The van der Waals surface area contributed by atoms with Crippen molar-refractivity contribution in [2.75, 3.05) is 7.11 Å². The molecule has 2 aromatic heterocycles. The van der Waals surface area contributed by atoms with E-state index in [0.29, 0.717) is 13.2 Å². The molecule has 0 aromatic carbocycles. The molecule has 2 N–H and O–H groups in total. The second-order valence-electron chi connectivity index (χ2n) is 5.25. The minimum absolute atomic E-state index is 0.0730. The Morgan fingerprint density at radius 1 is 1.45 bits per heavy atom. The summed E-state index contributed by atoms with van der Waals surface area (Å²) in [6, 6.07) is 1.88. The molecule has 0 unspecified atom stereocenters. The Morgan fingerprint density at radius 2 is 2.23 bits per heavy atom. The van der Waals surface area contributed by atoms with Crippen LogP contribution in [0.2, 0.25) is 0 Å². The minimum Gasteiger partial charge on any atom is -0.378 e. The van der Waals surface area contributed by atoms with Gasteiger partial charge in [-0.1, -0.05) is 6.92 Å². The Labute approximate surface area is 130 Å². The molecule has 0 aliphatic carbocycles. The van der Waals surface area contributed by atoms with Gasteiger partial charge in [0.1, 0.15) is 6.54 Å². The number of nitrogens with one attached hydrogen (secondary N) is 2. The van der Waals surface area contributed by atoms with E-state index in [-0.39, 0.29) is 12.5 Å². The predicted octanol–water partition coefficient (Wildman–Crippen LogP) is 1.25. The molecule has 2 aromatic rings. The van der Waals surface area contributed by atoms with Gasteiger partial charge >= 0.3 is 0 Å². The Morgan fingerprint density at radius 3 is 2.86 bits per heavy atom. The van der Waals surface area contributed by atoms with Crippen LogP contribution in [0.25, 0.3) is 0 Å². The second kappa shape index (κ2) is 7.22. The molecule has 0 aliphatic rings. The van der Waals surface area contributed by atoms with Gasteiger partial charge in [0.15, 0.2) is 0 Å². The molecule has 0 radical (unpaired) electrons. The lowest BCUT2D eigenvalue weighted by atomic mass is 10.1. The molecule has 0 saturated heterocycles. The third kappa shape index (κ3) is 3.73. The Kier molecular flexibility index (Phi) is 5.32. The van der Waals surface area contributed by atoms with Crippen LogP contribution in [-0.2, 0) is 35.6 Å². The summed E-state index contributed by atoms with van der Waals surface area (Å²) in [6.07, 6.45) is 0.926. The van der Waals surface area contributed by atoms with Crippen molar-refractivity contribution in [1.82, 2.24) is 25.3 Å². The highest BCUT2D eigenvalue weighted by Gasteiger charge is 2.12. The lowest BCUT2D eigenvalue weighted by Crippen LogP contribution is -2.28. The van der Waals surface area contributed by atoms with Gasteiger partial charge < -0.3 is 10.1 Å². The molecule has 7 nitrogen and oxygen atoms in total. The summed E-state index contributed by atoms with van der Waals surface area (Å²) in [7, 11) is 1.62. The molecule has 0 saturated carbocycles. The first-order chi connectivity index (χ1) is 10.5. The number of hydrogen-bond acceptors (Lipinski definition) is 4. The molecule has 1 amide bonds. The lowest BCUT2D eigenvalue weighted by Gasteiger charge is -2.06. The lowest BCUT2D eigenvalue weighted by molar-refractivity contribution is -0.122. The van der Waals surface area contributed by atoms with Gasteiger partial charge in [-0.25, -0.2) is 0 Å². The van der Waals surface area contributed by atoms with Gasteiger partial charge in [0, 0.05) is 12.8 Å². The maximum Gasteiger partial charge on any atom is 0.242 e. The highest BCUT2D eigenvalue weighted by molar-refractivity contribution is 5.75. The topological polar surface area (TPSA) is 84.8 Å². The van der Waals surface area contributed by atoms with Crippen LogP contribution < -0.4 is 5.32 Å². The molecule has 0 spiro atoms. The number of hydrogen-bond donors (Lipinski definition) is 2.